The Balaban J connectivity index is 0.00000154. The molecule has 0 aliphatic rings. The molecule has 110 valence electrons. The number of hydrogen-bond acceptors (Lipinski definition) is 2. The van der Waals surface area contributed by atoms with Crippen LogP contribution in [0.1, 0.15) is 65.1 Å². The maximum Gasteiger partial charge on any atom is 0.0442 e. The topological polar surface area (TPSA) is 38.9 Å². The Morgan fingerprint density at radius 2 is 1.68 bits per heavy atom. The zero-order chi connectivity index (χ0) is 14.8. The summed E-state index contributed by atoms with van der Waals surface area (Å²) in [7, 11) is 0. The van der Waals surface area contributed by atoms with E-state index in [1.807, 2.05) is 20.0 Å². The van der Waals surface area contributed by atoms with Crippen molar-refractivity contribution in [3.05, 3.63) is 29.6 Å². The predicted octanol–water partition coefficient (Wildman–Crippen LogP) is 4.39. The molecule has 0 saturated carbocycles. The molecule has 0 saturated heterocycles. The van der Waals surface area contributed by atoms with Gasteiger partial charge in [-0.25, -0.2) is 0 Å². The highest BCUT2D eigenvalue weighted by atomic mass is 14.7. The zero-order valence-electron chi connectivity index (χ0n) is 13.6. The van der Waals surface area contributed by atoms with E-state index in [9.17, 15) is 0 Å². The van der Waals surface area contributed by atoms with Crippen LogP contribution in [0.2, 0.25) is 0 Å². The van der Waals surface area contributed by atoms with Crippen LogP contribution in [0.15, 0.2) is 18.3 Å². The average molecular weight is 264 g/mol. The molecule has 1 aromatic heterocycles. The molecule has 0 unspecified atom stereocenters. The van der Waals surface area contributed by atoms with Crippen molar-refractivity contribution in [3.8, 4) is 0 Å². The third-order valence-corrected chi connectivity index (χ3v) is 3.29. The minimum Gasteiger partial charge on any atom is -0.330 e. The second kappa shape index (κ2) is 9.96. The first-order valence-corrected chi connectivity index (χ1v) is 7.71. The Kier molecular flexibility index (Phi) is 9.50. The van der Waals surface area contributed by atoms with Crippen molar-refractivity contribution in [1.29, 1.82) is 0 Å². The van der Waals surface area contributed by atoms with E-state index in [0.29, 0.717) is 17.8 Å². The van der Waals surface area contributed by atoms with Crippen molar-refractivity contribution in [3.63, 3.8) is 0 Å². The van der Waals surface area contributed by atoms with Gasteiger partial charge in [-0.05, 0) is 48.9 Å². The second-order valence-corrected chi connectivity index (χ2v) is 5.50. The maximum atomic E-state index is 5.56. The standard InChI is InChI=1S/C15H26N2.C2H6/c1-11(2)15(12(3)4)14-10-13(6-5-8-16)7-9-17-14;1-2/h7,9-12,15H,5-6,8,16H2,1-4H3;1-2H3. The molecule has 0 aromatic carbocycles. The van der Waals surface area contributed by atoms with Crippen LogP contribution >= 0.6 is 0 Å². The lowest BCUT2D eigenvalue weighted by molar-refractivity contribution is 0.379. The first kappa shape index (κ1) is 18.1. The van der Waals surface area contributed by atoms with Gasteiger partial charge in [0.1, 0.15) is 0 Å². The highest BCUT2D eigenvalue weighted by Crippen LogP contribution is 2.30. The normalized spacial score (nSPS) is 10.8. The third kappa shape index (κ3) is 6.20. The van der Waals surface area contributed by atoms with Crippen LogP contribution in [0.25, 0.3) is 0 Å². The van der Waals surface area contributed by atoms with Gasteiger partial charge in [0.15, 0.2) is 0 Å². The van der Waals surface area contributed by atoms with Crippen molar-refractivity contribution >= 4 is 0 Å². The van der Waals surface area contributed by atoms with Crippen LogP contribution in [0.5, 0.6) is 0 Å². The van der Waals surface area contributed by atoms with E-state index >= 15 is 0 Å². The smallest absolute Gasteiger partial charge is 0.0442 e. The molecule has 0 aliphatic carbocycles. The minimum absolute atomic E-state index is 0.549. The quantitative estimate of drug-likeness (QED) is 0.827. The summed E-state index contributed by atoms with van der Waals surface area (Å²) in [5.41, 5.74) is 8.16. The van der Waals surface area contributed by atoms with Crippen LogP contribution in [-0.4, -0.2) is 11.5 Å². The van der Waals surface area contributed by atoms with Crippen molar-refractivity contribution in [2.75, 3.05) is 6.54 Å². The van der Waals surface area contributed by atoms with Gasteiger partial charge in [-0.3, -0.25) is 4.98 Å². The number of aryl methyl sites for hydroxylation is 1. The Bertz CT molecular complexity index is 324. The molecule has 0 spiro atoms. The van der Waals surface area contributed by atoms with Gasteiger partial charge in [0, 0.05) is 17.8 Å². The van der Waals surface area contributed by atoms with Crippen LogP contribution in [0.3, 0.4) is 0 Å². The van der Waals surface area contributed by atoms with Crippen molar-refractivity contribution in [2.45, 2.75) is 60.3 Å². The van der Waals surface area contributed by atoms with Crippen LogP contribution in [0, 0.1) is 11.8 Å². The van der Waals surface area contributed by atoms with Gasteiger partial charge in [0.25, 0.3) is 0 Å². The fourth-order valence-corrected chi connectivity index (χ4v) is 2.59. The fourth-order valence-electron chi connectivity index (χ4n) is 2.59. The van der Waals surface area contributed by atoms with Gasteiger partial charge in [-0.15, -0.1) is 0 Å². The molecule has 0 amide bonds. The summed E-state index contributed by atoms with van der Waals surface area (Å²) in [6, 6.07) is 4.37. The molecule has 2 heteroatoms. The largest absolute Gasteiger partial charge is 0.330 e. The molecule has 2 nitrogen and oxygen atoms in total. The minimum atomic E-state index is 0.549. The molecule has 1 aromatic rings. The van der Waals surface area contributed by atoms with Gasteiger partial charge in [0.2, 0.25) is 0 Å². The Morgan fingerprint density at radius 1 is 1.11 bits per heavy atom. The summed E-state index contributed by atoms with van der Waals surface area (Å²) in [6.45, 7) is 13.9. The first-order chi connectivity index (χ1) is 9.06. The SMILES string of the molecule is CC.CC(C)C(c1cc(CCCN)ccn1)C(C)C. The van der Waals surface area contributed by atoms with Crippen molar-refractivity contribution < 1.29 is 0 Å². The lowest BCUT2D eigenvalue weighted by Crippen LogP contribution is -2.15. The maximum absolute atomic E-state index is 5.56. The van der Waals surface area contributed by atoms with E-state index in [1.165, 1.54) is 11.3 Å². The zero-order valence-corrected chi connectivity index (χ0v) is 13.6. The molecule has 2 N–H and O–H groups in total. The molecule has 0 atom stereocenters. The van der Waals surface area contributed by atoms with Gasteiger partial charge in [0.05, 0.1) is 0 Å². The van der Waals surface area contributed by atoms with Crippen LogP contribution in [0.4, 0.5) is 0 Å². The van der Waals surface area contributed by atoms with Gasteiger partial charge in [-0.2, -0.15) is 0 Å². The molecule has 0 radical (unpaired) electrons. The lowest BCUT2D eigenvalue weighted by atomic mass is 9.82. The molecule has 1 heterocycles. The summed E-state index contributed by atoms with van der Waals surface area (Å²) >= 11 is 0. The predicted molar refractivity (Wildman–Crippen MR) is 85.4 cm³/mol. The number of pyridine rings is 1. The van der Waals surface area contributed by atoms with E-state index in [0.717, 1.165) is 19.4 Å². The Labute approximate surface area is 119 Å². The third-order valence-electron chi connectivity index (χ3n) is 3.29. The second-order valence-electron chi connectivity index (χ2n) is 5.50. The van der Waals surface area contributed by atoms with E-state index in [-0.39, 0.29) is 0 Å². The molecule has 0 bridgehead atoms. The highest BCUT2D eigenvalue weighted by Gasteiger charge is 2.20. The van der Waals surface area contributed by atoms with Gasteiger partial charge >= 0.3 is 0 Å². The monoisotopic (exact) mass is 264 g/mol. The molecule has 19 heavy (non-hydrogen) atoms. The molecular weight excluding hydrogens is 232 g/mol. The van der Waals surface area contributed by atoms with Crippen molar-refractivity contribution in [1.82, 2.24) is 4.98 Å². The van der Waals surface area contributed by atoms with E-state index in [1.54, 1.807) is 0 Å². The van der Waals surface area contributed by atoms with E-state index in [2.05, 4.69) is 44.8 Å². The number of aromatic nitrogens is 1. The molecule has 0 fully saturated rings. The van der Waals surface area contributed by atoms with Gasteiger partial charge < -0.3 is 5.73 Å². The fraction of sp³-hybridized carbons (Fsp3) is 0.706. The van der Waals surface area contributed by atoms with Crippen LogP contribution < -0.4 is 5.73 Å². The van der Waals surface area contributed by atoms with E-state index < -0.39 is 0 Å². The summed E-state index contributed by atoms with van der Waals surface area (Å²) in [5, 5.41) is 0. The summed E-state index contributed by atoms with van der Waals surface area (Å²) in [4.78, 5) is 4.56. The van der Waals surface area contributed by atoms with E-state index in [4.69, 9.17) is 5.73 Å². The number of rotatable bonds is 6. The van der Waals surface area contributed by atoms with Crippen molar-refractivity contribution in [2.24, 2.45) is 17.6 Å². The van der Waals surface area contributed by atoms with Crippen LogP contribution in [-0.2, 0) is 6.42 Å². The summed E-state index contributed by atoms with van der Waals surface area (Å²) in [6.07, 6.45) is 4.06. The molecule has 0 aliphatic heterocycles. The highest BCUT2D eigenvalue weighted by molar-refractivity contribution is 5.20. The Hall–Kier alpha value is -0.890. The first-order valence-electron chi connectivity index (χ1n) is 7.71. The number of nitrogens with two attached hydrogens (primary N) is 1. The number of hydrogen-bond donors (Lipinski definition) is 1. The van der Waals surface area contributed by atoms with Gasteiger partial charge in [-0.1, -0.05) is 41.5 Å². The summed E-state index contributed by atoms with van der Waals surface area (Å²) in [5.74, 6) is 1.81. The lowest BCUT2D eigenvalue weighted by Gasteiger charge is -2.24. The average Bonchev–Trinajstić information content (AvgIpc) is 2.38. The molecular formula is C17H32N2. The molecule has 1 rings (SSSR count). The Morgan fingerprint density at radius 3 is 2.16 bits per heavy atom. The number of nitrogens with zero attached hydrogens (tertiary/aromatic N) is 1. The summed E-state index contributed by atoms with van der Waals surface area (Å²) < 4.78 is 0.